The molecule has 1 atom stereocenters. The fourth-order valence-corrected chi connectivity index (χ4v) is 1.93. The summed E-state index contributed by atoms with van der Waals surface area (Å²) in [6.45, 7) is 9.29. The Morgan fingerprint density at radius 3 is 2.25 bits per heavy atom. The Morgan fingerprint density at radius 2 is 1.75 bits per heavy atom. The molecule has 1 heterocycles. The first-order valence-corrected chi connectivity index (χ1v) is 9.11. The van der Waals surface area contributed by atoms with Gasteiger partial charge in [0.1, 0.15) is 5.75 Å². The van der Waals surface area contributed by atoms with Crippen LogP contribution in [0.1, 0.15) is 45.0 Å². The lowest BCUT2D eigenvalue weighted by Crippen LogP contribution is -2.45. The molecule has 1 aromatic heterocycles. The molecule has 2 aromatic rings. The van der Waals surface area contributed by atoms with Crippen molar-refractivity contribution in [1.29, 1.82) is 0 Å². The number of carboxylic acid groups (broad SMARTS) is 1. The predicted octanol–water partition coefficient (Wildman–Crippen LogP) is 3.90. The van der Waals surface area contributed by atoms with Crippen molar-refractivity contribution in [1.82, 2.24) is 10.3 Å². The second kappa shape index (κ2) is 11.0. The van der Waals surface area contributed by atoms with Gasteiger partial charge < -0.3 is 19.9 Å². The summed E-state index contributed by atoms with van der Waals surface area (Å²) in [6, 6.07) is 11.0. The minimum atomic E-state index is -1.17. The van der Waals surface area contributed by atoms with E-state index in [1.54, 1.807) is 18.2 Å². The van der Waals surface area contributed by atoms with Crippen LogP contribution in [-0.2, 0) is 9.53 Å². The van der Waals surface area contributed by atoms with E-state index >= 15 is 0 Å². The SMILES string of the molecule is CC.CC(C)(C)OCC(NC(=O)c1ccc(Oc2ccccc2)nc1)C(=O)O. The van der Waals surface area contributed by atoms with Gasteiger partial charge in [-0.1, -0.05) is 32.0 Å². The van der Waals surface area contributed by atoms with Crippen LogP contribution >= 0.6 is 0 Å². The summed E-state index contributed by atoms with van der Waals surface area (Å²) in [5.74, 6) is -0.755. The molecule has 0 bridgehead atoms. The van der Waals surface area contributed by atoms with Crippen molar-refractivity contribution in [2.75, 3.05) is 6.61 Å². The minimum absolute atomic E-state index is 0.132. The molecule has 2 N–H and O–H groups in total. The standard InChI is InChI=1S/C19H22N2O5.C2H6/c1-19(2,3)25-12-15(18(23)24)21-17(22)13-9-10-16(20-11-13)26-14-7-5-4-6-8-14;1-2/h4-11,15H,12H2,1-3H3,(H,21,22)(H,23,24);1-2H3. The maximum Gasteiger partial charge on any atom is 0.328 e. The number of hydrogen-bond donors (Lipinski definition) is 2. The Kier molecular flexibility index (Phi) is 9.11. The number of para-hydroxylation sites is 1. The number of nitrogens with one attached hydrogen (secondary N) is 1. The van der Waals surface area contributed by atoms with E-state index in [2.05, 4.69) is 10.3 Å². The number of aromatic nitrogens is 1. The number of rotatable bonds is 7. The van der Waals surface area contributed by atoms with Crippen LogP contribution in [0, 0.1) is 0 Å². The molecule has 0 aliphatic heterocycles. The van der Waals surface area contributed by atoms with Gasteiger partial charge in [0.05, 0.1) is 17.8 Å². The summed E-state index contributed by atoms with van der Waals surface area (Å²) in [5, 5.41) is 11.7. The van der Waals surface area contributed by atoms with Gasteiger partial charge in [-0.05, 0) is 39.0 Å². The summed E-state index contributed by atoms with van der Waals surface area (Å²) in [6.07, 6.45) is 1.33. The van der Waals surface area contributed by atoms with Gasteiger partial charge in [0.25, 0.3) is 5.91 Å². The average Bonchev–Trinajstić information content (AvgIpc) is 2.67. The van der Waals surface area contributed by atoms with Gasteiger partial charge in [-0.25, -0.2) is 9.78 Å². The molecule has 0 radical (unpaired) electrons. The third-order valence-electron chi connectivity index (χ3n) is 3.25. The van der Waals surface area contributed by atoms with E-state index < -0.39 is 23.5 Å². The lowest BCUT2D eigenvalue weighted by atomic mass is 10.2. The maximum atomic E-state index is 12.2. The highest BCUT2D eigenvalue weighted by Crippen LogP contribution is 2.18. The van der Waals surface area contributed by atoms with E-state index in [0.717, 1.165) is 0 Å². The number of ether oxygens (including phenoxy) is 2. The van der Waals surface area contributed by atoms with Crippen LogP contribution in [0.25, 0.3) is 0 Å². The zero-order valence-electron chi connectivity index (χ0n) is 16.9. The Bertz CT molecular complexity index is 740. The Morgan fingerprint density at radius 1 is 1.11 bits per heavy atom. The van der Waals surface area contributed by atoms with Crippen LogP contribution in [-0.4, -0.2) is 40.2 Å². The summed E-state index contributed by atoms with van der Waals surface area (Å²) in [5.41, 5.74) is -0.274. The summed E-state index contributed by atoms with van der Waals surface area (Å²) >= 11 is 0. The lowest BCUT2D eigenvalue weighted by Gasteiger charge is -2.23. The van der Waals surface area contributed by atoms with Crippen LogP contribution in [0.4, 0.5) is 0 Å². The first-order valence-electron chi connectivity index (χ1n) is 9.11. The van der Waals surface area contributed by atoms with Gasteiger partial charge in [-0.15, -0.1) is 0 Å². The normalized spacial score (nSPS) is 11.6. The molecular weight excluding hydrogens is 360 g/mol. The fraction of sp³-hybridized carbons (Fsp3) is 0.381. The van der Waals surface area contributed by atoms with Crippen molar-refractivity contribution >= 4 is 11.9 Å². The fourth-order valence-electron chi connectivity index (χ4n) is 1.93. The van der Waals surface area contributed by atoms with Crippen molar-refractivity contribution < 1.29 is 24.2 Å². The Balaban J connectivity index is 0.00000190. The lowest BCUT2D eigenvalue weighted by molar-refractivity contribution is -0.142. The molecule has 1 unspecified atom stereocenters. The largest absolute Gasteiger partial charge is 0.480 e. The van der Waals surface area contributed by atoms with Crippen molar-refractivity contribution in [2.45, 2.75) is 46.3 Å². The zero-order valence-corrected chi connectivity index (χ0v) is 16.9. The average molecular weight is 388 g/mol. The highest BCUT2D eigenvalue weighted by molar-refractivity contribution is 5.96. The highest BCUT2D eigenvalue weighted by Gasteiger charge is 2.23. The van der Waals surface area contributed by atoms with E-state index in [0.29, 0.717) is 11.6 Å². The van der Waals surface area contributed by atoms with Gasteiger partial charge >= 0.3 is 5.97 Å². The van der Waals surface area contributed by atoms with Crippen LogP contribution in [0.5, 0.6) is 11.6 Å². The van der Waals surface area contributed by atoms with Crippen LogP contribution in [0.3, 0.4) is 0 Å². The summed E-state index contributed by atoms with van der Waals surface area (Å²) in [7, 11) is 0. The third kappa shape index (κ3) is 8.18. The van der Waals surface area contributed by atoms with Crippen molar-refractivity contribution in [3.8, 4) is 11.6 Å². The molecule has 7 nitrogen and oxygen atoms in total. The summed E-state index contributed by atoms with van der Waals surface area (Å²) < 4.78 is 11.0. The predicted molar refractivity (Wildman–Crippen MR) is 107 cm³/mol. The number of hydrogen-bond acceptors (Lipinski definition) is 5. The first-order chi connectivity index (χ1) is 13.2. The topological polar surface area (TPSA) is 97.8 Å². The first kappa shape index (κ1) is 23.1. The van der Waals surface area contributed by atoms with Gasteiger partial charge in [0.2, 0.25) is 5.88 Å². The molecule has 0 aliphatic rings. The van der Waals surface area contributed by atoms with Crippen LogP contribution in [0.15, 0.2) is 48.7 Å². The van der Waals surface area contributed by atoms with Gasteiger partial charge in [0.15, 0.2) is 6.04 Å². The van der Waals surface area contributed by atoms with Crippen molar-refractivity contribution in [3.05, 3.63) is 54.2 Å². The molecule has 1 aromatic carbocycles. The quantitative estimate of drug-likeness (QED) is 0.747. The maximum absolute atomic E-state index is 12.2. The Labute approximate surface area is 165 Å². The molecule has 0 spiro atoms. The monoisotopic (exact) mass is 388 g/mol. The Hall–Kier alpha value is -2.93. The van der Waals surface area contributed by atoms with Gasteiger partial charge in [0, 0.05) is 12.3 Å². The zero-order chi connectivity index (χ0) is 21.2. The van der Waals surface area contributed by atoms with Gasteiger partial charge in [-0.3, -0.25) is 4.79 Å². The molecule has 152 valence electrons. The molecule has 0 saturated heterocycles. The molecule has 0 saturated carbocycles. The van der Waals surface area contributed by atoms with Crippen LogP contribution in [0.2, 0.25) is 0 Å². The smallest absolute Gasteiger partial charge is 0.328 e. The molecule has 28 heavy (non-hydrogen) atoms. The van der Waals surface area contributed by atoms with E-state index in [1.807, 2.05) is 52.8 Å². The number of nitrogens with zero attached hydrogens (tertiary/aromatic N) is 1. The van der Waals surface area contributed by atoms with E-state index in [-0.39, 0.29) is 12.2 Å². The number of carboxylic acids is 1. The number of pyridine rings is 1. The van der Waals surface area contributed by atoms with E-state index in [9.17, 15) is 14.7 Å². The summed E-state index contributed by atoms with van der Waals surface area (Å²) in [4.78, 5) is 27.6. The number of aliphatic carboxylic acids is 1. The number of carbonyl (C=O) groups excluding carboxylic acids is 1. The van der Waals surface area contributed by atoms with Crippen molar-refractivity contribution in [2.24, 2.45) is 0 Å². The van der Waals surface area contributed by atoms with Crippen LogP contribution < -0.4 is 10.1 Å². The third-order valence-corrected chi connectivity index (χ3v) is 3.25. The van der Waals surface area contributed by atoms with Crippen molar-refractivity contribution in [3.63, 3.8) is 0 Å². The number of benzene rings is 1. The second-order valence-electron chi connectivity index (χ2n) is 6.59. The number of carbonyl (C=O) groups is 2. The van der Waals surface area contributed by atoms with Gasteiger partial charge in [-0.2, -0.15) is 0 Å². The highest BCUT2D eigenvalue weighted by atomic mass is 16.5. The molecule has 1 amide bonds. The molecular formula is C21H28N2O5. The molecule has 7 heteroatoms. The second-order valence-corrected chi connectivity index (χ2v) is 6.59. The molecule has 2 rings (SSSR count). The molecule has 0 aliphatic carbocycles. The molecule has 0 fully saturated rings. The number of amides is 1. The van der Waals surface area contributed by atoms with E-state index in [1.165, 1.54) is 12.3 Å². The van der Waals surface area contributed by atoms with E-state index in [4.69, 9.17) is 9.47 Å². The minimum Gasteiger partial charge on any atom is -0.480 e.